The Balaban J connectivity index is 1.66. The zero-order valence-electron chi connectivity index (χ0n) is 13.9. The molecule has 2 aromatic heterocycles. The first-order valence-electron chi connectivity index (χ1n) is 8.53. The van der Waals surface area contributed by atoms with Gasteiger partial charge in [-0.3, -0.25) is 0 Å². The molecule has 0 spiro atoms. The summed E-state index contributed by atoms with van der Waals surface area (Å²) in [6.07, 6.45) is 5.84. The zero-order valence-corrected chi connectivity index (χ0v) is 16.4. The molecule has 2 aliphatic heterocycles. The molecule has 1 aliphatic carbocycles. The maximum absolute atomic E-state index is 5.11. The Morgan fingerprint density at radius 1 is 1.16 bits per heavy atom. The van der Waals surface area contributed by atoms with Gasteiger partial charge in [0.1, 0.15) is 0 Å². The Bertz CT molecular complexity index is 914. The van der Waals surface area contributed by atoms with Crippen LogP contribution in [0.25, 0.3) is 6.08 Å². The molecule has 0 amide bonds. The van der Waals surface area contributed by atoms with E-state index in [0.29, 0.717) is 6.04 Å². The fourth-order valence-electron chi connectivity index (χ4n) is 3.80. The molecular formula is C20H18N2S3. The number of amidine groups is 1. The molecule has 0 aromatic carbocycles. The van der Waals surface area contributed by atoms with Gasteiger partial charge >= 0.3 is 0 Å². The van der Waals surface area contributed by atoms with E-state index in [4.69, 9.17) is 4.99 Å². The van der Waals surface area contributed by atoms with Crippen molar-refractivity contribution >= 4 is 45.7 Å². The van der Waals surface area contributed by atoms with Crippen LogP contribution < -0.4 is 0 Å². The maximum atomic E-state index is 5.11. The highest BCUT2D eigenvalue weighted by molar-refractivity contribution is 8.16. The van der Waals surface area contributed by atoms with Crippen LogP contribution in [0.1, 0.15) is 42.0 Å². The van der Waals surface area contributed by atoms with Gasteiger partial charge in [-0.15, -0.1) is 22.7 Å². The van der Waals surface area contributed by atoms with Crippen molar-refractivity contribution in [2.45, 2.75) is 32.2 Å². The number of thiophene rings is 2. The fourth-order valence-corrected chi connectivity index (χ4v) is 6.23. The van der Waals surface area contributed by atoms with Gasteiger partial charge in [-0.1, -0.05) is 23.9 Å². The second kappa shape index (κ2) is 6.31. The van der Waals surface area contributed by atoms with Gasteiger partial charge in [-0.25, -0.2) is 4.99 Å². The lowest BCUT2D eigenvalue weighted by atomic mass is 9.85. The topological polar surface area (TPSA) is 15.6 Å². The SMILES string of the molecule is CC1=CSC2=NC3=C(CCC/C3=C\c3cccs3)C(c3cccs3)N12. The smallest absolute Gasteiger partial charge is 0.173 e. The highest BCUT2D eigenvalue weighted by Gasteiger charge is 2.38. The number of rotatable bonds is 2. The molecule has 1 atom stereocenters. The molecule has 126 valence electrons. The van der Waals surface area contributed by atoms with Gasteiger partial charge in [0.15, 0.2) is 5.17 Å². The third-order valence-corrected chi connectivity index (χ3v) is 7.59. The Morgan fingerprint density at radius 3 is 2.84 bits per heavy atom. The zero-order chi connectivity index (χ0) is 16.8. The normalized spacial score (nSPS) is 24.3. The molecule has 0 N–H and O–H groups in total. The number of hydrogen-bond acceptors (Lipinski definition) is 5. The summed E-state index contributed by atoms with van der Waals surface area (Å²) in [7, 11) is 0. The molecular weight excluding hydrogens is 364 g/mol. The van der Waals surface area contributed by atoms with Crippen LogP contribution in [-0.2, 0) is 0 Å². The van der Waals surface area contributed by atoms with Crippen molar-refractivity contribution < 1.29 is 0 Å². The van der Waals surface area contributed by atoms with Crippen molar-refractivity contribution in [1.29, 1.82) is 0 Å². The molecule has 4 heterocycles. The van der Waals surface area contributed by atoms with Crippen LogP contribution in [0.2, 0.25) is 0 Å². The monoisotopic (exact) mass is 382 g/mol. The lowest BCUT2D eigenvalue weighted by molar-refractivity contribution is 0.418. The summed E-state index contributed by atoms with van der Waals surface area (Å²) in [4.78, 5) is 10.3. The van der Waals surface area contributed by atoms with Crippen LogP contribution in [0.15, 0.2) is 68.0 Å². The van der Waals surface area contributed by atoms with E-state index >= 15 is 0 Å². The van der Waals surface area contributed by atoms with E-state index in [-0.39, 0.29) is 0 Å². The molecule has 3 aliphatic rings. The summed E-state index contributed by atoms with van der Waals surface area (Å²) in [6.45, 7) is 2.20. The van der Waals surface area contributed by atoms with Crippen LogP contribution in [0.5, 0.6) is 0 Å². The van der Waals surface area contributed by atoms with Crippen LogP contribution in [0.4, 0.5) is 0 Å². The largest absolute Gasteiger partial charge is 0.312 e. The fraction of sp³-hybridized carbons (Fsp3) is 0.250. The lowest BCUT2D eigenvalue weighted by Gasteiger charge is -2.38. The van der Waals surface area contributed by atoms with E-state index < -0.39 is 0 Å². The van der Waals surface area contributed by atoms with Crippen molar-refractivity contribution in [3.8, 4) is 0 Å². The first-order chi connectivity index (χ1) is 12.3. The van der Waals surface area contributed by atoms with Crippen molar-refractivity contribution in [1.82, 2.24) is 4.90 Å². The number of allylic oxidation sites excluding steroid dienone is 2. The van der Waals surface area contributed by atoms with Gasteiger partial charge in [0, 0.05) is 15.5 Å². The summed E-state index contributed by atoms with van der Waals surface area (Å²) in [6, 6.07) is 9.08. The number of aliphatic imine (C=N–C) groups is 1. The third-order valence-electron chi connectivity index (χ3n) is 4.89. The Hall–Kier alpha value is -1.56. The molecule has 0 radical (unpaired) electrons. The predicted octanol–water partition coefficient (Wildman–Crippen LogP) is 6.65. The highest BCUT2D eigenvalue weighted by Crippen LogP contribution is 2.49. The van der Waals surface area contributed by atoms with E-state index in [2.05, 4.69) is 58.3 Å². The summed E-state index contributed by atoms with van der Waals surface area (Å²) < 4.78 is 0. The van der Waals surface area contributed by atoms with Crippen LogP contribution in [-0.4, -0.2) is 10.1 Å². The predicted molar refractivity (Wildman–Crippen MR) is 111 cm³/mol. The van der Waals surface area contributed by atoms with Gasteiger partial charge in [0.25, 0.3) is 0 Å². The molecule has 0 fully saturated rings. The number of hydrogen-bond donors (Lipinski definition) is 0. The minimum atomic E-state index is 0.320. The number of thioether (sulfide) groups is 1. The van der Waals surface area contributed by atoms with Gasteiger partial charge in [-0.05, 0) is 71.7 Å². The van der Waals surface area contributed by atoms with Gasteiger partial charge in [0.05, 0.1) is 11.7 Å². The van der Waals surface area contributed by atoms with E-state index in [1.54, 1.807) is 23.1 Å². The molecule has 2 nitrogen and oxygen atoms in total. The van der Waals surface area contributed by atoms with Crippen molar-refractivity contribution in [2.75, 3.05) is 0 Å². The standard InChI is InChI=1S/C20H18N2S3/c1-13-12-25-20-21-18-14(11-15-6-3-9-23-15)5-2-7-16(18)19(22(13)20)17-8-4-10-24-17/h3-4,6,8-12,19H,2,5,7H2,1H3/b14-11+. The van der Waals surface area contributed by atoms with E-state index in [1.807, 2.05) is 11.3 Å². The minimum Gasteiger partial charge on any atom is -0.312 e. The van der Waals surface area contributed by atoms with Crippen LogP contribution in [0, 0.1) is 0 Å². The Morgan fingerprint density at radius 2 is 2.04 bits per heavy atom. The van der Waals surface area contributed by atoms with Gasteiger partial charge < -0.3 is 4.90 Å². The molecule has 0 saturated heterocycles. The van der Waals surface area contributed by atoms with Gasteiger partial charge in [0.2, 0.25) is 0 Å². The average molecular weight is 383 g/mol. The Kier molecular flexibility index (Phi) is 3.95. The van der Waals surface area contributed by atoms with E-state index in [0.717, 1.165) is 18.0 Å². The molecule has 5 heteroatoms. The van der Waals surface area contributed by atoms with E-state index in [9.17, 15) is 0 Å². The number of nitrogens with zero attached hydrogens (tertiary/aromatic N) is 2. The number of fused-ring (bicyclic) bond motifs is 1. The molecule has 0 saturated carbocycles. The molecule has 1 unspecified atom stereocenters. The Labute approximate surface area is 160 Å². The van der Waals surface area contributed by atoms with Crippen molar-refractivity contribution in [3.05, 3.63) is 72.7 Å². The third kappa shape index (κ3) is 2.65. The highest BCUT2D eigenvalue weighted by atomic mass is 32.2. The second-order valence-corrected chi connectivity index (χ2v) is 9.27. The first kappa shape index (κ1) is 15.7. The quantitative estimate of drug-likeness (QED) is 0.577. The van der Waals surface area contributed by atoms with Crippen molar-refractivity contribution in [3.63, 3.8) is 0 Å². The second-order valence-electron chi connectivity index (χ2n) is 6.47. The molecule has 0 bridgehead atoms. The molecule has 5 rings (SSSR count). The summed E-state index contributed by atoms with van der Waals surface area (Å²) in [5, 5.41) is 7.71. The lowest BCUT2D eigenvalue weighted by Crippen LogP contribution is -2.34. The summed E-state index contributed by atoms with van der Waals surface area (Å²) in [5.74, 6) is 0. The summed E-state index contributed by atoms with van der Waals surface area (Å²) >= 11 is 5.42. The first-order valence-corrected chi connectivity index (χ1v) is 11.2. The van der Waals surface area contributed by atoms with Crippen molar-refractivity contribution in [2.24, 2.45) is 4.99 Å². The average Bonchev–Trinajstić information content (AvgIpc) is 3.37. The van der Waals surface area contributed by atoms with Crippen LogP contribution >= 0.6 is 34.4 Å². The minimum absolute atomic E-state index is 0.320. The summed E-state index contributed by atoms with van der Waals surface area (Å²) in [5.41, 5.74) is 5.46. The molecule has 25 heavy (non-hydrogen) atoms. The van der Waals surface area contributed by atoms with Crippen LogP contribution in [0.3, 0.4) is 0 Å². The van der Waals surface area contributed by atoms with E-state index in [1.165, 1.54) is 38.7 Å². The maximum Gasteiger partial charge on any atom is 0.173 e. The molecule has 2 aromatic rings. The van der Waals surface area contributed by atoms with Gasteiger partial charge in [-0.2, -0.15) is 0 Å².